The molecule has 29 heavy (non-hydrogen) atoms. The van der Waals surface area contributed by atoms with Gasteiger partial charge in [0.1, 0.15) is 0 Å². The maximum Gasteiger partial charge on any atom is 0.416 e. The van der Waals surface area contributed by atoms with Gasteiger partial charge in [-0.25, -0.2) is 0 Å². The smallest absolute Gasteiger partial charge is 0.349 e. The largest absolute Gasteiger partial charge is 0.416 e. The lowest BCUT2D eigenvalue weighted by atomic mass is 10.1. The Balaban J connectivity index is 1.32. The lowest BCUT2D eigenvalue weighted by Crippen LogP contribution is -2.41. The van der Waals surface area contributed by atoms with E-state index < -0.39 is 11.7 Å². The van der Waals surface area contributed by atoms with Gasteiger partial charge in [0, 0.05) is 18.8 Å². The molecule has 11 heteroatoms. The Kier molecular flexibility index (Phi) is 5.50. The van der Waals surface area contributed by atoms with Crippen LogP contribution in [0.5, 0.6) is 0 Å². The van der Waals surface area contributed by atoms with Crippen molar-refractivity contribution in [1.29, 1.82) is 0 Å². The zero-order valence-electron chi connectivity index (χ0n) is 15.1. The van der Waals surface area contributed by atoms with E-state index >= 15 is 0 Å². The number of nitrogens with one attached hydrogen (secondary N) is 1. The lowest BCUT2D eigenvalue weighted by molar-refractivity contribution is -0.137. The van der Waals surface area contributed by atoms with Gasteiger partial charge >= 0.3 is 6.18 Å². The molecule has 1 aliphatic rings. The fourth-order valence-electron chi connectivity index (χ4n) is 3.13. The van der Waals surface area contributed by atoms with Gasteiger partial charge < -0.3 is 10.2 Å². The molecular formula is C18H17F3N6S2. The number of alkyl halides is 3. The van der Waals surface area contributed by atoms with Crippen LogP contribution >= 0.6 is 23.6 Å². The molecular weight excluding hydrogens is 421 g/mol. The molecule has 0 spiro atoms. The van der Waals surface area contributed by atoms with Crippen LogP contribution in [0.4, 0.5) is 18.9 Å². The van der Waals surface area contributed by atoms with Crippen molar-refractivity contribution in [2.24, 2.45) is 0 Å². The number of benzene rings is 1. The number of halogens is 3. The number of aromatic nitrogens is 4. The zero-order chi connectivity index (χ0) is 20.4. The van der Waals surface area contributed by atoms with Crippen LogP contribution in [0, 0.1) is 0 Å². The first-order valence-electron chi connectivity index (χ1n) is 8.97. The number of hydrogen-bond acceptors (Lipinski definition) is 5. The summed E-state index contributed by atoms with van der Waals surface area (Å²) >= 11 is 6.99. The van der Waals surface area contributed by atoms with Crippen LogP contribution < -0.4 is 5.32 Å². The van der Waals surface area contributed by atoms with E-state index in [2.05, 4.69) is 20.7 Å². The molecule has 0 aliphatic carbocycles. The molecule has 6 nitrogen and oxygen atoms in total. The number of nitrogens with zero attached hydrogens (tertiary/aromatic N) is 5. The van der Waals surface area contributed by atoms with Crippen LogP contribution in [-0.2, 0) is 6.18 Å². The fourth-order valence-corrected chi connectivity index (χ4v) is 4.08. The molecule has 1 N–H and O–H groups in total. The number of hydrogen-bond donors (Lipinski definition) is 1. The number of likely N-dealkylation sites (tertiary alicyclic amines) is 1. The third kappa shape index (κ3) is 4.56. The average Bonchev–Trinajstić information content (AvgIpc) is 3.39. The van der Waals surface area contributed by atoms with E-state index in [9.17, 15) is 13.2 Å². The highest BCUT2D eigenvalue weighted by Crippen LogP contribution is 2.30. The van der Waals surface area contributed by atoms with Crippen molar-refractivity contribution < 1.29 is 13.2 Å². The first-order chi connectivity index (χ1) is 13.9. The summed E-state index contributed by atoms with van der Waals surface area (Å²) in [6, 6.07) is 8.89. The Hall–Kier alpha value is -2.53. The molecule has 152 valence electrons. The summed E-state index contributed by atoms with van der Waals surface area (Å²) in [4.78, 5) is 4.65. The van der Waals surface area contributed by atoms with Crippen LogP contribution in [0.15, 0.2) is 41.8 Å². The molecule has 1 saturated heterocycles. The first kappa shape index (κ1) is 19.8. The molecule has 0 unspecified atom stereocenters. The monoisotopic (exact) mass is 438 g/mol. The van der Waals surface area contributed by atoms with Gasteiger partial charge in [-0.15, -0.1) is 21.5 Å². The minimum absolute atomic E-state index is 0.140. The van der Waals surface area contributed by atoms with Crippen molar-refractivity contribution in [2.75, 3.05) is 18.4 Å². The maximum atomic E-state index is 12.7. The van der Waals surface area contributed by atoms with Gasteiger partial charge in [0.15, 0.2) is 5.11 Å². The predicted octanol–water partition coefficient (Wildman–Crippen LogP) is 4.45. The second-order valence-electron chi connectivity index (χ2n) is 6.63. The van der Waals surface area contributed by atoms with Gasteiger partial charge in [0.2, 0.25) is 5.82 Å². The Morgan fingerprint density at radius 2 is 1.86 bits per heavy atom. The third-order valence-corrected chi connectivity index (χ3v) is 5.94. The van der Waals surface area contributed by atoms with Crippen LogP contribution in [0.2, 0.25) is 0 Å². The first-order valence-corrected chi connectivity index (χ1v) is 10.3. The minimum atomic E-state index is -4.35. The topological polar surface area (TPSA) is 58.9 Å². The summed E-state index contributed by atoms with van der Waals surface area (Å²) in [5.41, 5.74) is -0.152. The number of thiophene rings is 1. The summed E-state index contributed by atoms with van der Waals surface area (Å²) in [7, 11) is 0. The predicted molar refractivity (Wildman–Crippen MR) is 109 cm³/mol. The normalized spacial score (nSPS) is 15.5. The second-order valence-corrected chi connectivity index (χ2v) is 7.97. The van der Waals surface area contributed by atoms with Crippen molar-refractivity contribution in [1.82, 2.24) is 25.1 Å². The van der Waals surface area contributed by atoms with Gasteiger partial charge in [-0.3, -0.25) is 0 Å². The number of anilines is 1. The van der Waals surface area contributed by atoms with Crippen molar-refractivity contribution in [3.05, 3.63) is 47.3 Å². The van der Waals surface area contributed by atoms with Gasteiger partial charge in [-0.1, -0.05) is 6.07 Å². The molecule has 0 atom stereocenters. The summed E-state index contributed by atoms with van der Waals surface area (Å²) in [5.74, 6) is 0.627. The Bertz CT molecular complexity index is 960. The van der Waals surface area contributed by atoms with Gasteiger partial charge in [0.25, 0.3) is 0 Å². The molecule has 0 bridgehead atoms. The average molecular weight is 439 g/mol. The van der Waals surface area contributed by atoms with E-state index in [-0.39, 0.29) is 6.04 Å². The molecule has 0 saturated carbocycles. The molecule has 1 fully saturated rings. The minimum Gasteiger partial charge on any atom is -0.349 e. The third-order valence-electron chi connectivity index (χ3n) is 4.71. The van der Waals surface area contributed by atoms with E-state index in [1.54, 1.807) is 16.1 Å². The van der Waals surface area contributed by atoms with E-state index in [4.69, 9.17) is 12.2 Å². The lowest BCUT2D eigenvalue weighted by Gasteiger charge is -2.33. The highest BCUT2D eigenvalue weighted by atomic mass is 32.1. The summed E-state index contributed by atoms with van der Waals surface area (Å²) in [6.07, 6.45) is -2.75. The maximum absolute atomic E-state index is 12.7. The Morgan fingerprint density at radius 3 is 2.48 bits per heavy atom. The van der Waals surface area contributed by atoms with Gasteiger partial charge in [-0.2, -0.15) is 18.0 Å². The summed E-state index contributed by atoms with van der Waals surface area (Å²) in [6.45, 7) is 1.40. The molecule has 3 aromatic rings. The van der Waals surface area contributed by atoms with Crippen LogP contribution in [0.1, 0.15) is 24.4 Å². The number of thiocarbonyl (C=S) groups is 1. The highest BCUT2D eigenvalue weighted by Gasteiger charge is 2.30. The van der Waals surface area contributed by atoms with Crippen molar-refractivity contribution in [3.63, 3.8) is 0 Å². The van der Waals surface area contributed by atoms with Crippen molar-refractivity contribution in [2.45, 2.75) is 25.1 Å². The zero-order valence-corrected chi connectivity index (χ0v) is 16.8. The van der Waals surface area contributed by atoms with E-state index in [1.807, 2.05) is 22.4 Å². The molecule has 0 amide bonds. The van der Waals surface area contributed by atoms with E-state index in [0.29, 0.717) is 29.7 Å². The Morgan fingerprint density at radius 1 is 1.14 bits per heavy atom. The number of rotatable bonds is 3. The number of tetrazole rings is 1. The fraction of sp³-hybridized carbons (Fsp3) is 0.333. The van der Waals surface area contributed by atoms with E-state index in [1.165, 1.54) is 12.1 Å². The van der Waals surface area contributed by atoms with E-state index in [0.717, 1.165) is 29.9 Å². The van der Waals surface area contributed by atoms with Crippen molar-refractivity contribution in [3.8, 4) is 10.7 Å². The van der Waals surface area contributed by atoms with Crippen molar-refractivity contribution >= 4 is 34.4 Å². The number of piperidine rings is 1. The summed E-state index contributed by atoms with van der Waals surface area (Å²) < 4.78 is 38.0. The van der Waals surface area contributed by atoms with Crippen LogP contribution in [0.25, 0.3) is 10.7 Å². The molecule has 2 aromatic heterocycles. The Labute approximate surface area is 174 Å². The molecule has 0 radical (unpaired) electrons. The van der Waals surface area contributed by atoms with Crippen LogP contribution in [0.3, 0.4) is 0 Å². The quantitative estimate of drug-likeness (QED) is 0.610. The molecule has 3 heterocycles. The second kappa shape index (κ2) is 8.07. The SMILES string of the molecule is FC(F)(F)c1ccc(NC(=S)N2CCC(n3nnc(-c4cccs4)n3)CC2)cc1. The highest BCUT2D eigenvalue weighted by molar-refractivity contribution is 7.80. The van der Waals surface area contributed by atoms with Crippen LogP contribution in [-0.4, -0.2) is 43.3 Å². The standard InChI is InChI=1S/C18H17F3N6S2/c19-18(20,21)12-3-5-13(6-4-12)22-17(28)26-9-7-14(8-10-26)27-24-16(23-25-27)15-2-1-11-29-15/h1-6,11,14H,7-10H2,(H,22,28). The molecule has 1 aromatic carbocycles. The molecule has 4 rings (SSSR count). The van der Waals surface area contributed by atoms with Gasteiger partial charge in [0.05, 0.1) is 16.5 Å². The van der Waals surface area contributed by atoms with Gasteiger partial charge in [-0.05, 0) is 66.0 Å². The molecule has 1 aliphatic heterocycles. The summed E-state index contributed by atoms with van der Waals surface area (Å²) in [5, 5.41) is 18.3.